The van der Waals surface area contributed by atoms with E-state index in [0.717, 1.165) is 4.89 Å². The average molecular weight is 414 g/mol. The van der Waals surface area contributed by atoms with Crippen LogP contribution in [0, 0.1) is 0 Å². The summed E-state index contributed by atoms with van der Waals surface area (Å²) in [5.74, 6) is -0.319. The summed E-state index contributed by atoms with van der Waals surface area (Å²) in [5.41, 5.74) is -0.0944. The third-order valence-electron chi connectivity index (χ3n) is 2.63. The maximum atomic E-state index is 5.99. The van der Waals surface area contributed by atoms with E-state index in [-0.39, 0.29) is 10.1 Å². The second-order valence-corrected chi connectivity index (χ2v) is 10.1. The van der Waals surface area contributed by atoms with Crippen molar-refractivity contribution in [2.75, 3.05) is 0 Å². The first-order valence-corrected chi connectivity index (χ1v) is 8.57. The Morgan fingerprint density at radius 3 is 1.83 bits per heavy atom. The van der Waals surface area contributed by atoms with Crippen molar-refractivity contribution < 1.29 is 28.7 Å². The summed E-state index contributed by atoms with van der Waals surface area (Å²) >= 11 is 2.17. The summed E-state index contributed by atoms with van der Waals surface area (Å²) in [6, 6.07) is 0. The van der Waals surface area contributed by atoms with Crippen LogP contribution in [0.1, 0.15) is 27.7 Å². The van der Waals surface area contributed by atoms with Gasteiger partial charge in [0.25, 0.3) is 0 Å². The van der Waals surface area contributed by atoms with E-state index >= 15 is 0 Å². The molecule has 2 atom stereocenters. The molecule has 1 saturated heterocycles. The van der Waals surface area contributed by atoms with E-state index in [1.165, 1.54) is 0 Å². The minimum absolute atomic E-state index is 0.0222. The summed E-state index contributed by atoms with van der Waals surface area (Å²) in [6.45, 7) is 8.50. The zero-order valence-electron chi connectivity index (χ0n) is 8.40. The van der Waals surface area contributed by atoms with Gasteiger partial charge in [0.1, 0.15) is 0 Å². The van der Waals surface area contributed by atoms with Gasteiger partial charge in [-0.2, -0.15) is 0 Å². The SMILES string of the molecule is CC1([CH2][Re])OC(C)(C)[C](C)([Rb])O1. The monoisotopic (exact) mass is 414 g/mol. The quantitative estimate of drug-likeness (QED) is 0.646. The molecule has 1 aliphatic heterocycles. The normalized spacial score (nSPS) is 46.6. The van der Waals surface area contributed by atoms with Crippen molar-refractivity contribution in [2.24, 2.45) is 0 Å². The van der Waals surface area contributed by atoms with E-state index in [0.29, 0.717) is 55.5 Å². The van der Waals surface area contributed by atoms with E-state index in [2.05, 4.69) is 27.7 Å². The molecule has 0 aliphatic carbocycles. The fourth-order valence-corrected chi connectivity index (χ4v) is 3.10. The van der Waals surface area contributed by atoms with Gasteiger partial charge in [0.2, 0.25) is 0 Å². The number of ether oxygens (including phenoxy) is 2. The van der Waals surface area contributed by atoms with Gasteiger partial charge in [0, 0.05) is 0 Å². The number of hydrogen-bond acceptors (Lipinski definition) is 2. The molecule has 1 rings (SSSR count). The van der Waals surface area contributed by atoms with Crippen molar-refractivity contribution in [3.05, 3.63) is 0 Å². The van der Waals surface area contributed by atoms with E-state index in [1.54, 1.807) is 19.2 Å². The second-order valence-electron chi connectivity index (χ2n) is 4.49. The second kappa shape index (κ2) is 3.76. The third-order valence-corrected chi connectivity index (χ3v) is 7.84. The summed E-state index contributed by atoms with van der Waals surface area (Å²) in [6.07, 6.45) is 0. The topological polar surface area (TPSA) is 18.5 Å². The van der Waals surface area contributed by atoms with E-state index in [9.17, 15) is 0 Å². The molecule has 1 heterocycles. The summed E-state index contributed by atoms with van der Waals surface area (Å²) in [4.78, 5) is 0.978. The van der Waals surface area contributed by atoms with Gasteiger partial charge in [-0.1, -0.05) is 0 Å². The zero-order valence-corrected chi connectivity index (χ0v) is 16.0. The van der Waals surface area contributed by atoms with Crippen LogP contribution in [0.3, 0.4) is 0 Å². The van der Waals surface area contributed by atoms with Crippen LogP contribution in [0.2, 0.25) is 4.89 Å². The van der Waals surface area contributed by atoms with Gasteiger partial charge in [-0.15, -0.1) is 0 Å². The van der Waals surface area contributed by atoms with Crippen molar-refractivity contribution in [1.29, 1.82) is 0 Å². The molecule has 0 saturated carbocycles. The Bertz CT molecular complexity index is 175. The van der Waals surface area contributed by atoms with Gasteiger partial charge in [0.05, 0.1) is 0 Å². The molecule has 0 radical (unpaired) electrons. The minimum atomic E-state index is -0.319. The van der Waals surface area contributed by atoms with Crippen molar-refractivity contribution in [3.8, 4) is 0 Å². The number of rotatable bonds is 1. The van der Waals surface area contributed by atoms with Crippen LogP contribution in [0.25, 0.3) is 0 Å². The molecule has 0 aromatic carbocycles. The molecule has 0 spiro atoms. The Kier molecular flexibility index (Phi) is 3.90. The zero-order chi connectivity index (χ0) is 9.62. The average Bonchev–Trinajstić information content (AvgIpc) is 1.99. The van der Waals surface area contributed by atoms with Crippen molar-refractivity contribution >= 4 is 55.5 Å². The molecule has 1 aliphatic rings. The van der Waals surface area contributed by atoms with E-state index < -0.39 is 0 Å². The predicted octanol–water partition coefficient (Wildman–Crippen LogP) is 1.38. The van der Waals surface area contributed by atoms with Crippen LogP contribution in [-0.4, -0.2) is 65.6 Å². The van der Waals surface area contributed by atoms with Crippen LogP contribution < -0.4 is 0 Å². The first kappa shape index (κ1) is 12.5. The fraction of sp³-hybridized carbons (Fsp3) is 1.00. The molecule has 12 heavy (non-hydrogen) atoms. The Labute approximate surface area is 124 Å². The molecule has 0 N–H and O–H groups in total. The Hall–Kier alpha value is 2.39. The molecular weight excluding hydrogens is 400 g/mol. The molecule has 0 bridgehead atoms. The first-order valence-electron chi connectivity index (χ1n) is 4.19. The molecule has 4 heteroatoms. The van der Waals surface area contributed by atoms with Crippen LogP contribution in [0.15, 0.2) is 0 Å². The van der Waals surface area contributed by atoms with Gasteiger partial charge in [-0.3, -0.25) is 0 Å². The van der Waals surface area contributed by atoms with Crippen molar-refractivity contribution in [3.63, 3.8) is 0 Å². The number of hydrogen-bond donors (Lipinski definition) is 0. The molecule has 0 aromatic heterocycles. The Morgan fingerprint density at radius 1 is 1.17 bits per heavy atom. The summed E-state index contributed by atoms with van der Waals surface area (Å²) < 4.78 is 12.0. The van der Waals surface area contributed by atoms with Gasteiger partial charge >= 0.3 is 127 Å². The van der Waals surface area contributed by atoms with Gasteiger partial charge in [0.15, 0.2) is 0 Å². The molecule has 0 amide bonds. The van der Waals surface area contributed by atoms with E-state index in [1.807, 2.05) is 0 Å². The van der Waals surface area contributed by atoms with Crippen molar-refractivity contribution in [1.82, 2.24) is 0 Å². The summed E-state index contributed by atoms with van der Waals surface area (Å²) in [5, 5.41) is 0. The van der Waals surface area contributed by atoms with Gasteiger partial charge < -0.3 is 0 Å². The van der Waals surface area contributed by atoms with Crippen LogP contribution >= 0.6 is 0 Å². The Balaban J connectivity index is 2.88. The molecule has 2 nitrogen and oxygen atoms in total. The molecule has 0 aromatic rings. The van der Waals surface area contributed by atoms with E-state index in [4.69, 9.17) is 9.47 Å². The molecule has 66 valence electrons. The third kappa shape index (κ3) is 2.31. The first-order chi connectivity index (χ1) is 5.22. The van der Waals surface area contributed by atoms with Crippen LogP contribution in [0.5, 0.6) is 0 Å². The fourth-order valence-electron chi connectivity index (χ4n) is 1.40. The standard InChI is InChI=1S/C8H14O2.Rb.Re/c1-6-7(2,3)10-8(4,5)9-6;;/h4H2,1-3,5H3;;. The predicted molar refractivity (Wildman–Crippen MR) is 43.6 cm³/mol. The van der Waals surface area contributed by atoms with Gasteiger partial charge in [-0.05, 0) is 0 Å². The molecule has 1 fully saturated rings. The molecule has 2 unspecified atom stereocenters. The van der Waals surface area contributed by atoms with Crippen molar-refractivity contribution in [2.45, 2.75) is 42.6 Å². The maximum absolute atomic E-state index is 5.99. The molecular formula is C8H14O2RbRe. The van der Waals surface area contributed by atoms with Crippen LogP contribution in [0.4, 0.5) is 0 Å². The summed E-state index contributed by atoms with van der Waals surface area (Å²) in [7, 11) is 0. The Morgan fingerprint density at radius 2 is 1.67 bits per heavy atom. The van der Waals surface area contributed by atoms with Gasteiger partial charge in [-0.25, -0.2) is 0 Å². The van der Waals surface area contributed by atoms with Crippen LogP contribution in [-0.2, 0) is 28.7 Å².